The third-order valence-electron chi connectivity index (χ3n) is 0.738. The number of thioether (sulfide) groups is 1. The monoisotopic (exact) mass is 202 g/mol. The van der Waals surface area contributed by atoms with Gasteiger partial charge in [0, 0.05) is 0 Å². The van der Waals surface area contributed by atoms with Gasteiger partial charge < -0.3 is 11.5 Å². The Morgan fingerprint density at radius 1 is 1.25 bits per heavy atom. The first-order valence-corrected chi connectivity index (χ1v) is 3.41. The molecule has 4 N–H and O–H groups in total. The molecule has 0 saturated heterocycles. The van der Waals surface area contributed by atoms with Gasteiger partial charge in [0.15, 0.2) is 10.9 Å². The molecule has 0 amide bonds. The molecule has 0 aliphatic rings. The van der Waals surface area contributed by atoms with Gasteiger partial charge in [-0.1, -0.05) is 6.58 Å². The maximum absolute atomic E-state index is 12.4. The Kier molecular flexibility index (Phi) is 3.44. The van der Waals surface area contributed by atoms with Crippen molar-refractivity contribution < 1.29 is 17.6 Å². The molecule has 7 heteroatoms. The van der Waals surface area contributed by atoms with Crippen LogP contribution in [0.15, 0.2) is 22.5 Å². The fraction of sp³-hybridized carbons (Fsp3) is 0.200. The molecule has 2 nitrogen and oxygen atoms in total. The van der Waals surface area contributed by atoms with Crippen molar-refractivity contribution in [1.82, 2.24) is 0 Å². The van der Waals surface area contributed by atoms with Crippen LogP contribution in [0.3, 0.4) is 0 Å². The zero-order valence-corrected chi connectivity index (χ0v) is 6.60. The number of hydrogen-bond acceptors (Lipinski definition) is 3. The first-order valence-electron chi connectivity index (χ1n) is 2.60. The highest BCUT2D eigenvalue weighted by Crippen LogP contribution is 2.31. The fourth-order valence-corrected chi connectivity index (χ4v) is 0.737. The van der Waals surface area contributed by atoms with Crippen molar-refractivity contribution in [2.24, 2.45) is 11.5 Å². The molecule has 0 atom stereocenters. The lowest BCUT2D eigenvalue weighted by molar-refractivity contribution is -0.0938. The minimum Gasteiger partial charge on any atom is -0.394 e. The molecular weight excluding hydrogens is 196 g/mol. The number of rotatable bonds is 2. The minimum absolute atomic E-state index is 0.0407. The van der Waals surface area contributed by atoms with Gasteiger partial charge in [-0.05, 0) is 11.8 Å². The fourth-order valence-electron chi connectivity index (χ4n) is 0.282. The van der Waals surface area contributed by atoms with E-state index in [4.69, 9.17) is 5.73 Å². The van der Waals surface area contributed by atoms with Gasteiger partial charge in [0.1, 0.15) is 0 Å². The molecule has 0 radical (unpaired) electrons. The van der Waals surface area contributed by atoms with Gasteiger partial charge in [0.05, 0.1) is 5.03 Å². The van der Waals surface area contributed by atoms with E-state index in [1.807, 2.05) is 0 Å². The summed E-state index contributed by atoms with van der Waals surface area (Å²) in [6.07, 6.45) is -4.87. The molecule has 0 bridgehead atoms. The molecule has 0 unspecified atom stereocenters. The minimum atomic E-state index is -4.87. The van der Waals surface area contributed by atoms with Crippen LogP contribution >= 0.6 is 11.8 Å². The second-order valence-corrected chi connectivity index (χ2v) is 2.84. The predicted octanol–water partition coefficient (Wildman–Crippen LogP) is 1.81. The van der Waals surface area contributed by atoms with Crippen molar-refractivity contribution >= 4 is 11.8 Å². The van der Waals surface area contributed by atoms with Crippen LogP contribution in [-0.2, 0) is 0 Å². The summed E-state index contributed by atoms with van der Waals surface area (Å²) < 4.78 is 47.3. The van der Waals surface area contributed by atoms with Crippen LogP contribution in [0.1, 0.15) is 0 Å². The summed E-state index contributed by atoms with van der Waals surface area (Å²) in [7, 11) is 0. The van der Waals surface area contributed by atoms with E-state index in [2.05, 4.69) is 12.3 Å². The quantitative estimate of drug-likeness (QED) is 0.671. The molecule has 0 aromatic rings. The van der Waals surface area contributed by atoms with E-state index >= 15 is 0 Å². The van der Waals surface area contributed by atoms with E-state index in [1.54, 1.807) is 0 Å². The van der Waals surface area contributed by atoms with Crippen molar-refractivity contribution in [1.29, 1.82) is 0 Å². The summed E-state index contributed by atoms with van der Waals surface area (Å²) in [5.41, 5.74) is 7.46. The van der Waals surface area contributed by atoms with Crippen LogP contribution in [0.4, 0.5) is 17.6 Å². The molecule has 0 aliphatic carbocycles. The van der Waals surface area contributed by atoms with Gasteiger partial charge in [0.25, 0.3) is 0 Å². The van der Waals surface area contributed by atoms with Crippen LogP contribution in [0.5, 0.6) is 0 Å². The van der Waals surface area contributed by atoms with Gasteiger partial charge >= 0.3 is 6.18 Å². The molecule has 0 spiro atoms. The highest BCUT2D eigenvalue weighted by atomic mass is 32.2. The SMILES string of the molecule is C=C(N)S/C(F)=C(\N)C(F)(F)F. The Morgan fingerprint density at radius 3 is 1.92 bits per heavy atom. The second-order valence-electron chi connectivity index (χ2n) is 1.75. The van der Waals surface area contributed by atoms with Crippen LogP contribution in [0.25, 0.3) is 0 Å². The molecule has 0 heterocycles. The molecule has 0 aliphatic heterocycles. The summed E-state index contributed by atoms with van der Waals surface area (Å²) in [4.78, 5) is 0. The van der Waals surface area contributed by atoms with E-state index < -0.39 is 17.0 Å². The lowest BCUT2D eigenvalue weighted by atomic mass is 10.5. The van der Waals surface area contributed by atoms with E-state index in [1.165, 1.54) is 0 Å². The van der Waals surface area contributed by atoms with Crippen molar-refractivity contribution in [3.8, 4) is 0 Å². The molecule has 0 saturated carbocycles. The second kappa shape index (κ2) is 3.70. The average Bonchev–Trinajstić information content (AvgIpc) is 1.82. The molecular formula is C5H6F4N2S. The standard InChI is InChI=1S/C5H6F4N2S/c1-2(10)12-4(6)3(11)5(7,8)9/h1,10-11H2/b4-3-. The Bertz CT molecular complexity index is 220. The van der Waals surface area contributed by atoms with Crippen LogP contribution in [-0.4, -0.2) is 6.18 Å². The number of alkyl halides is 3. The summed E-state index contributed by atoms with van der Waals surface area (Å²) in [5, 5.41) is -1.88. The Hall–Kier alpha value is -0.850. The molecule has 0 rings (SSSR count). The molecule has 0 aromatic heterocycles. The van der Waals surface area contributed by atoms with Gasteiger partial charge in [-0.25, -0.2) is 0 Å². The number of hydrogen-bond donors (Lipinski definition) is 2. The highest BCUT2D eigenvalue weighted by molar-refractivity contribution is 8.06. The van der Waals surface area contributed by atoms with Gasteiger partial charge in [0.2, 0.25) is 0 Å². The Morgan fingerprint density at radius 2 is 1.67 bits per heavy atom. The van der Waals surface area contributed by atoms with E-state index in [9.17, 15) is 17.6 Å². The average molecular weight is 202 g/mol. The lowest BCUT2D eigenvalue weighted by Gasteiger charge is -2.07. The van der Waals surface area contributed by atoms with Gasteiger partial charge in [-0.15, -0.1) is 0 Å². The summed E-state index contributed by atoms with van der Waals surface area (Å²) in [6.45, 7) is 3.00. The van der Waals surface area contributed by atoms with Crippen molar-refractivity contribution in [3.05, 3.63) is 22.5 Å². The van der Waals surface area contributed by atoms with E-state index in [0.717, 1.165) is 0 Å². The summed E-state index contributed by atoms with van der Waals surface area (Å²) in [6, 6.07) is 0. The number of halogens is 4. The first-order chi connectivity index (χ1) is 5.25. The lowest BCUT2D eigenvalue weighted by Crippen LogP contribution is -2.20. The largest absolute Gasteiger partial charge is 0.434 e. The van der Waals surface area contributed by atoms with Crippen molar-refractivity contribution in [3.63, 3.8) is 0 Å². The zero-order valence-electron chi connectivity index (χ0n) is 5.78. The summed E-state index contributed by atoms with van der Waals surface area (Å²) >= 11 is 0.0407. The summed E-state index contributed by atoms with van der Waals surface area (Å²) in [5.74, 6) is 0. The predicted molar refractivity (Wildman–Crippen MR) is 39.3 cm³/mol. The third-order valence-corrected chi connectivity index (χ3v) is 1.40. The Balaban J connectivity index is 4.58. The zero-order chi connectivity index (χ0) is 9.94. The molecule has 70 valence electrons. The van der Waals surface area contributed by atoms with Gasteiger partial charge in [-0.2, -0.15) is 17.6 Å². The molecule has 0 aromatic carbocycles. The van der Waals surface area contributed by atoms with Crippen LogP contribution in [0.2, 0.25) is 0 Å². The molecule has 12 heavy (non-hydrogen) atoms. The van der Waals surface area contributed by atoms with Gasteiger partial charge in [-0.3, -0.25) is 0 Å². The van der Waals surface area contributed by atoms with Crippen LogP contribution in [0, 0.1) is 0 Å². The van der Waals surface area contributed by atoms with Crippen LogP contribution < -0.4 is 11.5 Å². The maximum Gasteiger partial charge on any atom is 0.434 e. The number of allylic oxidation sites excluding steroid dienone is 1. The van der Waals surface area contributed by atoms with Crippen molar-refractivity contribution in [2.75, 3.05) is 0 Å². The van der Waals surface area contributed by atoms with Crippen molar-refractivity contribution in [2.45, 2.75) is 6.18 Å². The topological polar surface area (TPSA) is 52.0 Å². The normalized spacial score (nSPS) is 14.0. The smallest absolute Gasteiger partial charge is 0.394 e. The van der Waals surface area contributed by atoms with E-state index in [-0.39, 0.29) is 16.8 Å². The molecule has 0 fully saturated rings. The van der Waals surface area contributed by atoms with E-state index in [0.29, 0.717) is 0 Å². The third kappa shape index (κ3) is 3.51. The number of nitrogens with two attached hydrogens (primary N) is 2. The maximum atomic E-state index is 12.4. The highest BCUT2D eigenvalue weighted by Gasteiger charge is 2.35. The first kappa shape index (κ1) is 11.2. The Labute approximate surface area is 70.3 Å².